The Morgan fingerprint density at radius 3 is 2.92 bits per heavy atom. The molecule has 0 fully saturated rings. The number of ether oxygens (including phenoxy) is 1. The fraction of sp³-hybridized carbons (Fsp3) is 0.125. The Morgan fingerprint density at radius 2 is 2.33 bits per heavy atom. The molecule has 12 heavy (non-hydrogen) atoms. The Hall–Kier alpha value is -1.22. The molecule has 0 saturated carbocycles. The zero-order chi connectivity index (χ0) is 8.97. The summed E-state index contributed by atoms with van der Waals surface area (Å²) in [6.45, 7) is 0. The van der Waals surface area contributed by atoms with Crippen molar-refractivity contribution in [2.45, 2.75) is 0 Å². The van der Waals surface area contributed by atoms with Crippen LogP contribution in [-0.4, -0.2) is 13.5 Å². The Labute approximate surface area is 75.3 Å². The maximum atomic E-state index is 10.0. The second kappa shape index (κ2) is 3.97. The molecule has 0 unspecified atom stereocenters. The number of nitrogens with one attached hydrogen (secondary N) is 1. The lowest BCUT2D eigenvalue weighted by atomic mass is 10.3. The molecule has 1 aromatic carbocycles. The fourth-order valence-electron chi connectivity index (χ4n) is 0.833. The van der Waals surface area contributed by atoms with Gasteiger partial charge >= 0.3 is 6.41 Å². The SMILES string of the molecule is COc1ccc(Cl)cc1N[C]=O. The summed E-state index contributed by atoms with van der Waals surface area (Å²) < 4.78 is 4.95. The number of hydrogen-bond acceptors (Lipinski definition) is 2. The zero-order valence-electron chi connectivity index (χ0n) is 6.43. The Bertz CT molecular complexity index is 288. The Kier molecular flexibility index (Phi) is 2.94. The molecule has 0 aliphatic heterocycles. The number of anilines is 1. The molecule has 0 aromatic heterocycles. The molecule has 1 N–H and O–H groups in total. The van der Waals surface area contributed by atoms with E-state index in [-0.39, 0.29) is 0 Å². The summed E-state index contributed by atoms with van der Waals surface area (Å²) in [5.74, 6) is 0.558. The number of rotatable bonds is 3. The van der Waals surface area contributed by atoms with Crippen LogP contribution in [0.5, 0.6) is 5.75 Å². The highest BCUT2D eigenvalue weighted by Gasteiger charge is 2.01. The van der Waals surface area contributed by atoms with Crippen molar-refractivity contribution in [1.82, 2.24) is 0 Å². The Balaban J connectivity index is 3.03. The number of carbonyl (C=O) groups excluding carboxylic acids is 1. The molecule has 0 atom stereocenters. The molecule has 1 aromatic rings. The molecule has 0 saturated heterocycles. The van der Waals surface area contributed by atoms with Gasteiger partial charge in [0.05, 0.1) is 12.8 Å². The van der Waals surface area contributed by atoms with Gasteiger partial charge in [0.25, 0.3) is 0 Å². The van der Waals surface area contributed by atoms with Gasteiger partial charge in [-0.2, -0.15) is 0 Å². The topological polar surface area (TPSA) is 38.3 Å². The number of hydrogen-bond donors (Lipinski definition) is 1. The molecule has 1 rings (SSSR count). The summed E-state index contributed by atoms with van der Waals surface area (Å²) in [6.07, 6.45) is 1.55. The predicted octanol–water partition coefficient (Wildman–Crippen LogP) is 1.83. The number of halogens is 1. The van der Waals surface area contributed by atoms with Crippen LogP contribution < -0.4 is 10.1 Å². The average molecular weight is 185 g/mol. The van der Waals surface area contributed by atoms with Gasteiger partial charge in [0.1, 0.15) is 5.75 Å². The molecule has 4 heteroatoms. The van der Waals surface area contributed by atoms with Crippen molar-refractivity contribution in [3.63, 3.8) is 0 Å². The second-order valence-corrected chi connectivity index (χ2v) is 2.51. The first-order chi connectivity index (χ1) is 5.77. The molecular weight excluding hydrogens is 178 g/mol. The van der Waals surface area contributed by atoms with Crippen LogP contribution in [0.2, 0.25) is 5.02 Å². The van der Waals surface area contributed by atoms with Gasteiger partial charge in [0, 0.05) is 5.02 Å². The van der Waals surface area contributed by atoms with E-state index < -0.39 is 0 Å². The molecule has 0 bridgehead atoms. The highest BCUT2D eigenvalue weighted by Crippen LogP contribution is 2.26. The van der Waals surface area contributed by atoms with E-state index in [4.69, 9.17) is 16.3 Å². The predicted molar refractivity (Wildman–Crippen MR) is 47.3 cm³/mol. The molecule has 0 aliphatic rings. The smallest absolute Gasteiger partial charge is 0.314 e. The summed E-state index contributed by atoms with van der Waals surface area (Å²) in [4.78, 5) is 10.0. The van der Waals surface area contributed by atoms with Gasteiger partial charge in [0.15, 0.2) is 0 Å². The lowest BCUT2D eigenvalue weighted by Gasteiger charge is -2.05. The highest BCUT2D eigenvalue weighted by molar-refractivity contribution is 6.31. The van der Waals surface area contributed by atoms with Crippen LogP contribution in [0.4, 0.5) is 5.69 Å². The summed E-state index contributed by atoms with van der Waals surface area (Å²) >= 11 is 5.68. The van der Waals surface area contributed by atoms with E-state index in [1.165, 1.54) is 7.11 Å². The van der Waals surface area contributed by atoms with Gasteiger partial charge in [-0.15, -0.1) is 0 Å². The molecule has 0 heterocycles. The maximum absolute atomic E-state index is 10.0. The van der Waals surface area contributed by atoms with Crippen LogP contribution in [0.1, 0.15) is 0 Å². The van der Waals surface area contributed by atoms with Crippen molar-refractivity contribution in [3.8, 4) is 5.75 Å². The van der Waals surface area contributed by atoms with Gasteiger partial charge in [-0.3, -0.25) is 4.79 Å². The molecular formula is C8H7ClNO2. The molecule has 0 spiro atoms. The standard InChI is InChI=1S/C8H7ClNO2/c1-12-8-3-2-6(9)4-7(8)10-5-11/h2-4H,1H3,(H,10,11). The number of methoxy groups -OCH3 is 1. The fourth-order valence-corrected chi connectivity index (χ4v) is 1.00. The second-order valence-electron chi connectivity index (χ2n) is 2.07. The molecule has 1 amide bonds. The summed E-state index contributed by atoms with van der Waals surface area (Å²) in [7, 11) is 1.51. The van der Waals surface area contributed by atoms with Gasteiger partial charge in [-0.25, -0.2) is 0 Å². The summed E-state index contributed by atoms with van der Waals surface area (Å²) in [5, 5.41) is 2.89. The van der Waals surface area contributed by atoms with E-state index in [0.717, 1.165) is 0 Å². The monoisotopic (exact) mass is 184 g/mol. The molecule has 1 radical (unpaired) electrons. The van der Waals surface area contributed by atoms with Gasteiger partial charge in [-0.05, 0) is 18.2 Å². The molecule has 63 valence electrons. The maximum Gasteiger partial charge on any atom is 0.314 e. The van der Waals surface area contributed by atoms with E-state index in [1.807, 2.05) is 0 Å². The van der Waals surface area contributed by atoms with Crippen molar-refractivity contribution in [3.05, 3.63) is 23.2 Å². The van der Waals surface area contributed by atoms with Gasteiger partial charge in [0.2, 0.25) is 0 Å². The summed E-state index contributed by atoms with van der Waals surface area (Å²) in [5.41, 5.74) is 0.514. The van der Waals surface area contributed by atoms with Crippen molar-refractivity contribution in [2.24, 2.45) is 0 Å². The highest BCUT2D eigenvalue weighted by atomic mass is 35.5. The van der Waals surface area contributed by atoms with E-state index in [9.17, 15) is 4.79 Å². The summed E-state index contributed by atoms with van der Waals surface area (Å²) in [6, 6.07) is 4.93. The average Bonchev–Trinajstić information content (AvgIpc) is 2.05. The normalized spacial score (nSPS) is 9.17. The first kappa shape index (κ1) is 8.87. The minimum atomic E-state index is 0.514. The lowest BCUT2D eigenvalue weighted by molar-refractivity contribution is 0.417. The van der Waals surface area contributed by atoms with E-state index >= 15 is 0 Å². The third-order valence-corrected chi connectivity index (χ3v) is 1.58. The van der Waals surface area contributed by atoms with Crippen LogP contribution >= 0.6 is 11.6 Å². The third kappa shape index (κ3) is 1.89. The quantitative estimate of drug-likeness (QED) is 0.728. The van der Waals surface area contributed by atoms with Crippen LogP contribution in [0.15, 0.2) is 18.2 Å². The largest absolute Gasteiger partial charge is 0.495 e. The van der Waals surface area contributed by atoms with E-state index in [0.29, 0.717) is 16.5 Å². The van der Waals surface area contributed by atoms with Crippen molar-refractivity contribution < 1.29 is 9.53 Å². The van der Waals surface area contributed by atoms with Crippen LogP contribution in [0.3, 0.4) is 0 Å². The molecule has 3 nitrogen and oxygen atoms in total. The van der Waals surface area contributed by atoms with Gasteiger partial charge < -0.3 is 10.1 Å². The van der Waals surface area contributed by atoms with Crippen LogP contribution in [0.25, 0.3) is 0 Å². The lowest BCUT2D eigenvalue weighted by Crippen LogP contribution is -1.96. The van der Waals surface area contributed by atoms with Crippen molar-refractivity contribution in [2.75, 3.05) is 12.4 Å². The van der Waals surface area contributed by atoms with Crippen LogP contribution in [0, 0.1) is 0 Å². The molecule has 0 aliphatic carbocycles. The van der Waals surface area contributed by atoms with E-state index in [1.54, 1.807) is 24.6 Å². The first-order valence-electron chi connectivity index (χ1n) is 3.24. The first-order valence-corrected chi connectivity index (χ1v) is 3.62. The third-order valence-electron chi connectivity index (χ3n) is 1.35. The van der Waals surface area contributed by atoms with Crippen molar-refractivity contribution >= 4 is 23.7 Å². The number of benzene rings is 1. The van der Waals surface area contributed by atoms with Crippen molar-refractivity contribution in [1.29, 1.82) is 0 Å². The zero-order valence-corrected chi connectivity index (χ0v) is 7.18. The van der Waals surface area contributed by atoms with E-state index in [2.05, 4.69) is 5.32 Å². The van der Waals surface area contributed by atoms with Crippen LogP contribution in [-0.2, 0) is 4.79 Å². The Morgan fingerprint density at radius 1 is 1.58 bits per heavy atom. The van der Waals surface area contributed by atoms with Gasteiger partial charge in [-0.1, -0.05) is 11.6 Å². The minimum Gasteiger partial charge on any atom is -0.495 e. The number of amides is 1. The minimum absolute atomic E-state index is 0.514.